The lowest BCUT2D eigenvalue weighted by molar-refractivity contribution is -0.155. The van der Waals surface area contributed by atoms with Crippen LogP contribution < -0.4 is 31.9 Å². The highest BCUT2D eigenvalue weighted by molar-refractivity contribution is 6.02. The second kappa shape index (κ2) is 22.8. The SMILES string of the molecule is COC(=O)C1(NC(=O)C2(NC(=O)C3(NC(=O)C4(NC(=O)C5(NC(=O)C6(NC(=O)OCc7ccccc7)CCC[C@@H](C)C6)CCC[C@@H](C)C5)CCC[C@@H](C)C4)CCC[C@@H](C)C3)CCC[C@@H](C)C2)CCC[C@@H](C)C1. The van der Waals surface area contributed by atoms with Crippen LogP contribution in [-0.4, -0.2) is 81.9 Å². The number of nitrogens with one attached hydrogen (secondary N) is 6. The molecule has 0 saturated heterocycles. The number of methoxy groups -OCH3 is 1. The van der Waals surface area contributed by atoms with Gasteiger partial charge in [-0.3, -0.25) is 24.0 Å². The fraction of sp³-hybridized carbons (Fsp3) is 0.772. The van der Waals surface area contributed by atoms with Crippen LogP contribution in [0.2, 0.25) is 0 Å². The number of carbonyl (C=O) groups is 7. The van der Waals surface area contributed by atoms with Gasteiger partial charge in [0.25, 0.3) is 0 Å². The first-order valence-electron chi connectivity index (χ1n) is 27.9. The number of alkyl carbamates (subject to hydrolysis) is 1. The quantitative estimate of drug-likeness (QED) is 0.0988. The van der Waals surface area contributed by atoms with Crippen molar-refractivity contribution in [3.63, 3.8) is 0 Å². The van der Waals surface area contributed by atoms with E-state index in [-0.39, 0.29) is 42.1 Å². The molecule has 12 atom stereocenters. The van der Waals surface area contributed by atoms with E-state index < -0.39 is 74.8 Å². The standard InChI is InChI=1S/C57H88N6O9/c1-38-17-11-25-52(31-38,59-47(66)54(27-13-19-40(3)33-54)61-49(68)56(29-15-21-42(5)35-56)63-51(70)72-37-44-23-9-8-10-24-44)45(64)58-53(26-12-18-39(2)32-53)46(65)60-55(28-14-20-41(4)34-55)48(67)62-57(50(69)71-7)30-16-22-43(6)36-57/h8-10,23-24,38-43H,11-22,25-37H2,1-7H3,(H,58,64)(H,59,66)(H,60,65)(H,61,68)(H,62,67)(H,63,70)/t38-,39-,40-,41-,42-,43-,52?,53?,54?,55?,56?,57?/m1/s1. The Balaban J connectivity index is 1.16. The smallest absolute Gasteiger partial charge is 0.408 e. The van der Waals surface area contributed by atoms with Gasteiger partial charge in [-0.05, 0) is 118 Å². The maximum atomic E-state index is 15.6. The monoisotopic (exact) mass is 1000 g/mol. The Morgan fingerprint density at radius 2 is 0.681 bits per heavy atom. The molecule has 6 saturated carbocycles. The van der Waals surface area contributed by atoms with Gasteiger partial charge in [0.2, 0.25) is 29.5 Å². The fourth-order valence-corrected chi connectivity index (χ4v) is 14.4. The number of ether oxygens (including phenoxy) is 2. The molecule has 0 radical (unpaired) electrons. The molecule has 0 bridgehead atoms. The molecule has 6 unspecified atom stereocenters. The minimum Gasteiger partial charge on any atom is -0.467 e. The van der Waals surface area contributed by atoms with Gasteiger partial charge in [-0.1, -0.05) is 149 Å². The van der Waals surface area contributed by atoms with Gasteiger partial charge in [-0.15, -0.1) is 0 Å². The zero-order valence-corrected chi connectivity index (χ0v) is 44.7. The van der Waals surface area contributed by atoms with E-state index in [1.54, 1.807) is 0 Å². The Bertz CT molecular complexity index is 2140. The average Bonchev–Trinajstić information content (AvgIpc) is 3.33. The molecule has 6 N–H and O–H groups in total. The van der Waals surface area contributed by atoms with Crippen molar-refractivity contribution in [3.8, 4) is 0 Å². The Hall–Kier alpha value is -4.69. The first kappa shape index (κ1) is 55.1. The molecule has 0 aliphatic heterocycles. The van der Waals surface area contributed by atoms with Crippen molar-refractivity contribution in [2.75, 3.05) is 7.11 Å². The molecule has 6 aliphatic rings. The van der Waals surface area contributed by atoms with E-state index in [2.05, 4.69) is 73.4 Å². The van der Waals surface area contributed by atoms with Crippen LogP contribution >= 0.6 is 0 Å². The van der Waals surface area contributed by atoms with Crippen molar-refractivity contribution in [1.82, 2.24) is 31.9 Å². The maximum absolute atomic E-state index is 15.6. The van der Waals surface area contributed by atoms with E-state index >= 15 is 19.2 Å². The van der Waals surface area contributed by atoms with Crippen LogP contribution in [0.3, 0.4) is 0 Å². The fourth-order valence-electron chi connectivity index (χ4n) is 14.4. The number of carbonyl (C=O) groups excluding carboxylic acids is 7. The lowest BCUT2D eigenvalue weighted by atomic mass is 9.70. The minimum atomic E-state index is -1.41. The Morgan fingerprint density at radius 3 is 0.972 bits per heavy atom. The van der Waals surface area contributed by atoms with Crippen molar-refractivity contribution in [1.29, 1.82) is 0 Å². The van der Waals surface area contributed by atoms with Crippen molar-refractivity contribution >= 4 is 41.6 Å². The van der Waals surface area contributed by atoms with Crippen LogP contribution in [0.5, 0.6) is 0 Å². The molecule has 6 fully saturated rings. The molecular formula is C57H88N6O9. The van der Waals surface area contributed by atoms with Crippen LogP contribution in [0.15, 0.2) is 30.3 Å². The number of esters is 1. The van der Waals surface area contributed by atoms with Crippen molar-refractivity contribution in [2.24, 2.45) is 35.5 Å². The second-order valence-electron chi connectivity index (χ2n) is 24.7. The first-order valence-corrected chi connectivity index (χ1v) is 27.9. The van der Waals surface area contributed by atoms with Crippen LogP contribution in [-0.2, 0) is 44.8 Å². The molecule has 0 aromatic heterocycles. The Kier molecular flexibility index (Phi) is 17.5. The topological polar surface area (TPSA) is 210 Å². The summed E-state index contributed by atoms with van der Waals surface area (Å²) in [5.74, 6) is -1.95. The normalized spacial score (nSPS) is 37.1. The predicted molar refractivity (Wildman–Crippen MR) is 275 cm³/mol. The summed E-state index contributed by atoms with van der Waals surface area (Å²) < 4.78 is 11.0. The van der Waals surface area contributed by atoms with Gasteiger partial charge in [0.15, 0.2) is 0 Å². The van der Waals surface area contributed by atoms with Crippen molar-refractivity contribution in [2.45, 2.75) is 235 Å². The molecule has 6 aliphatic carbocycles. The number of rotatable bonds is 14. The summed E-state index contributed by atoms with van der Waals surface area (Å²) in [5.41, 5.74) is -7.21. The summed E-state index contributed by atoms with van der Waals surface area (Å²) in [6.45, 7) is 12.5. The van der Waals surface area contributed by atoms with Gasteiger partial charge in [0.1, 0.15) is 39.8 Å². The molecular weight excluding hydrogens is 913 g/mol. The lowest BCUT2D eigenvalue weighted by Crippen LogP contribution is -2.74. The number of amides is 6. The van der Waals surface area contributed by atoms with E-state index in [4.69, 9.17) is 9.47 Å². The second-order valence-corrected chi connectivity index (χ2v) is 24.7. The molecule has 1 aromatic rings. The Labute approximate surface area is 429 Å². The molecule has 15 heteroatoms. The van der Waals surface area contributed by atoms with Gasteiger partial charge < -0.3 is 41.4 Å². The molecule has 7 rings (SSSR count). The molecule has 1 aromatic carbocycles. The summed E-state index contributed by atoms with van der Waals surface area (Å²) in [6.07, 6.45) is 13.3. The maximum Gasteiger partial charge on any atom is 0.408 e. The van der Waals surface area contributed by atoms with Crippen molar-refractivity contribution < 1.29 is 43.0 Å². The molecule has 0 spiro atoms. The van der Waals surface area contributed by atoms with E-state index in [0.29, 0.717) is 109 Å². The third-order valence-corrected chi connectivity index (χ3v) is 18.1. The highest BCUT2D eigenvalue weighted by atomic mass is 16.5. The third-order valence-electron chi connectivity index (χ3n) is 18.1. The van der Waals surface area contributed by atoms with Gasteiger partial charge >= 0.3 is 12.1 Å². The average molecular weight is 1000 g/mol. The van der Waals surface area contributed by atoms with E-state index in [1.165, 1.54) is 7.11 Å². The lowest BCUT2D eigenvalue weighted by Gasteiger charge is -2.49. The predicted octanol–water partition coefficient (Wildman–Crippen LogP) is 8.36. The zero-order chi connectivity index (χ0) is 52.0. The van der Waals surface area contributed by atoms with E-state index in [1.807, 2.05) is 30.3 Å². The summed E-state index contributed by atoms with van der Waals surface area (Å²) in [6, 6.07) is 9.36. The number of hydrogen-bond acceptors (Lipinski definition) is 9. The van der Waals surface area contributed by atoms with E-state index in [9.17, 15) is 14.4 Å². The summed E-state index contributed by atoms with van der Waals surface area (Å²) in [7, 11) is 1.35. The molecule has 0 heterocycles. The molecule has 15 nitrogen and oxygen atoms in total. The summed E-state index contributed by atoms with van der Waals surface area (Å²) >= 11 is 0. The van der Waals surface area contributed by atoms with E-state index in [0.717, 1.165) is 50.5 Å². The van der Waals surface area contributed by atoms with Crippen molar-refractivity contribution in [3.05, 3.63) is 35.9 Å². The highest BCUT2D eigenvalue weighted by Crippen LogP contribution is 2.42. The van der Waals surface area contributed by atoms with Crippen LogP contribution in [0.25, 0.3) is 0 Å². The molecule has 6 amide bonds. The van der Waals surface area contributed by atoms with Crippen LogP contribution in [0.4, 0.5) is 4.79 Å². The largest absolute Gasteiger partial charge is 0.467 e. The zero-order valence-electron chi connectivity index (χ0n) is 44.7. The third kappa shape index (κ3) is 12.3. The minimum absolute atomic E-state index is 0.0424. The summed E-state index contributed by atoms with van der Waals surface area (Å²) in [5, 5.41) is 19.4. The molecule has 72 heavy (non-hydrogen) atoms. The van der Waals surface area contributed by atoms with Gasteiger partial charge in [-0.2, -0.15) is 0 Å². The number of benzene rings is 1. The van der Waals surface area contributed by atoms with Crippen LogP contribution in [0, 0.1) is 35.5 Å². The van der Waals surface area contributed by atoms with Gasteiger partial charge in [0, 0.05) is 0 Å². The van der Waals surface area contributed by atoms with Gasteiger partial charge in [-0.25, -0.2) is 9.59 Å². The van der Waals surface area contributed by atoms with Gasteiger partial charge in [0.05, 0.1) is 7.11 Å². The Morgan fingerprint density at radius 1 is 0.417 bits per heavy atom. The summed E-state index contributed by atoms with van der Waals surface area (Å²) in [4.78, 5) is 104. The number of hydrogen-bond donors (Lipinski definition) is 6. The molecule has 400 valence electrons. The highest BCUT2D eigenvalue weighted by Gasteiger charge is 2.57. The van der Waals surface area contributed by atoms with Crippen LogP contribution in [0.1, 0.15) is 201 Å². The first-order chi connectivity index (χ1) is 34.2.